The minimum absolute atomic E-state index is 0.0228. The van der Waals surface area contributed by atoms with Gasteiger partial charge in [-0.05, 0) is 61.0 Å². The molecule has 0 aromatic heterocycles. The fourth-order valence-electron chi connectivity index (χ4n) is 3.81. The Bertz CT molecular complexity index is 1190. The second-order valence-corrected chi connectivity index (χ2v) is 8.08. The molecule has 1 heterocycles. The molecular formula is C25H25N5O4. The predicted molar refractivity (Wildman–Crippen MR) is 130 cm³/mol. The van der Waals surface area contributed by atoms with E-state index < -0.39 is 10.8 Å². The molecule has 3 aromatic rings. The molecule has 0 bridgehead atoms. The summed E-state index contributed by atoms with van der Waals surface area (Å²) in [5.41, 5.74) is 9.12. The van der Waals surface area contributed by atoms with Crippen LogP contribution < -0.4 is 15.8 Å². The number of nitro groups is 1. The van der Waals surface area contributed by atoms with Crippen molar-refractivity contribution in [2.45, 2.75) is 6.92 Å². The fraction of sp³-hybridized carbons (Fsp3) is 0.200. The SMILES string of the molecule is Cc1cccc(N2CCN(C(=O)c3ccc(NNC(=O)c4ccc([N+](=O)[O-])cc4)cc3)CC2)c1. The van der Waals surface area contributed by atoms with Crippen LogP contribution >= 0.6 is 0 Å². The number of hydrogen-bond donors (Lipinski definition) is 2. The summed E-state index contributed by atoms with van der Waals surface area (Å²) in [4.78, 5) is 39.5. The molecule has 0 radical (unpaired) electrons. The Balaban J connectivity index is 1.29. The van der Waals surface area contributed by atoms with Gasteiger partial charge < -0.3 is 9.80 Å². The summed E-state index contributed by atoms with van der Waals surface area (Å²) < 4.78 is 0. The van der Waals surface area contributed by atoms with E-state index in [4.69, 9.17) is 0 Å². The van der Waals surface area contributed by atoms with Crippen molar-refractivity contribution >= 4 is 28.9 Å². The maximum Gasteiger partial charge on any atom is 0.269 e. The van der Waals surface area contributed by atoms with Gasteiger partial charge in [-0.25, -0.2) is 0 Å². The van der Waals surface area contributed by atoms with Gasteiger partial charge in [0.2, 0.25) is 0 Å². The smallest absolute Gasteiger partial charge is 0.269 e. The Hall–Kier alpha value is -4.40. The van der Waals surface area contributed by atoms with Crippen LogP contribution in [0.4, 0.5) is 17.1 Å². The van der Waals surface area contributed by atoms with Gasteiger partial charge in [-0.2, -0.15) is 0 Å². The first-order chi connectivity index (χ1) is 16.4. The van der Waals surface area contributed by atoms with E-state index in [1.165, 1.54) is 35.5 Å². The third kappa shape index (κ3) is 5.32. The second kappa shape index (κ2) is 10.0. The number of nitro benzene ring substituents is 1. The van der Waals surface area contributed by atoms with Crippen molar-refractivity contribution in [3.63, 3.8) is 0 Å². The lowest BCUT2D eigenvalue weighted by molar-refractivity contribution is -0.384. The Labute approximate surface area is 197 Å². The zero-order chi connectivity index (χ0) is 24.1. The van der Waals surface area contributed by atoms with Gasteiger partial charge >= 0.3 is 0 Å². The van der Waals surface area contributed by atoms with Crippen LogP contribution in [-0.4, -0.2) is 47.8 Å². The molecule has 9 heteroatoms. The summed E-state index contributed by atoms with van der Waals surface area (Å²) in [6.45, 7) is 4.94. The highest BCUT2D eigenvalue weighted by molar-refractivity contribution is 5.96. The molecule has 174 valence electrons. The molecule has 0 saturated carbocycles. The zero-order valence-electron chi connectivity index (χ0n) is 18.7. The highest BCUT2D eigenvalue weighted by Crippen LogP contribution is 2.19. The van der Waals surface area contributed by atoms with E-state index >= 15 is 0 Å². The molecular weight excluding hydrogens is 434 g/mol. The number of non-ortho nitro benzene ring substituents is 1. The predicted octanol–water partition coefficient (Wildman–Crippen LogP) is 3.62. The van der Waals surface area contributed by atoms with Crippen molar-refractivity contribution in [3.05, 3.63) is 99.6 Å². The monoisotopic (exact) mass is 459 g/mol. The lowest BCUT2D eigenvalue weighted by Gasteiger charge is -2.36. The van der Waals surface area contributed by atoms with Crippen molar-refractivity contribution in [2.75, 3.05) is 36.5 Å². The Kier molecular flexibility index (Phi) is 6.72. The number of carbonyl (C=O) groups is 2. The molecule has 1 aliphatic heterocycles. The van der Waals surface area contributed by atoms with Gasteiger partial charge in [-0.1, -0.05) is 12.1 Å². The molecule has 1 aliphatic rings. The van der Waals surface area contributed by atoms with Crippen molar-refractivity contribution in [3.8, 4) is 0 Å². The fourth-order valence-corrected chi connectivity index (χ4v) is 3.81. The maximum atomic E-state index is 12.9. The van der Waals surface area contributed by atoms with E-state index in [0.717, 1.165) is 13.1 Å². The first-order valence-corrected chi connectivity index (χ1v) is 10.9. The maximum absolute atomic E-state index is 12.9. The molecule has 0 atom stereocenters. The van der Waals surface area contributed by atoms with E-state index in [1.807, 2.05) is 11.0 Å². The Morgan fingerprint density at radius 3 is 2.15 bits per heavy atom. The number of nitrogens with one attached hydrogen (secondary N) is 2. The van der Waals surface area contributed by atoms with Crippen LogP contribution in [0.3, 0.4) is 0 Å². The van der Waals surface area contributed by atoms with E-state index in [0.29, 0.717) is 24.3 Å². The van der Waals surface area contributed by atoms with Crippen LogP contribution in [-0.2, 0) is 0 Å². The van der Waals surface area contributed by atoms with Crippen LogP contribution in [0.2, 0.25) is 0 Å². The summed E-state index contributed by atoms with van der Waals surface area (Å²) in [6.07, 6.45) is 0. The summed E-state index contributed by atoms with van der Waals surface area (Å²) in [7, 11) is 0. The van der Waals surface area contributed by atoms with Crippen LogP contribution in [0.1, 0.15) is 26.3 Å². The van der Waals surface area contributed by atoms with E-state index in [1.54, 1.807) is 24.3 Å². The molecule has 2 N–H and O–H groups in total. The lowest BCUT2D eigenvalue weighted by atomic mass is 10.1. The number of amides is 2. The van der Waals surface area contributed by atoms with E-state index in [-0.39, 0.29) is 17.2 Å². The van der Waals surface area contributed by atoms with Crippen LogP contribution in [0.25, 0.3) is 0 Å². The molecule has 0 unspecified atom stereocenters. The highest BCUT2D eigenvalue weighted by atomic mass is 16.6. The second-order valence-electron chi connectivity index (χ2n) is 8.08. The number of carbonyl (C=O) groups excluding carboxylic acids is 2. The average Bonchev–Trinajstić information content (AvgIpc) is 2.87. The Morgan fingerprint density at radius 2 is 1.53 bits per heavy atom. The number of nitrogens with zero attached hydrogens (tertiary/aromatic N) is 3. The molecule has 0 spiro atoms. The quantitative estimate of drug-likeness (QED) is 0.431. The first-order valence-electron chi connectivity index (χ1n) is 10.9. The minimum Gasteiger partial charge on any atom is -0.368 e. The largest absolute Gasteiger partial charge is 0.368 e. The van der Waals surface area contributed by atoms with Gasteiger partial charge in [0, 0.05) is 55.1 Å². The topological polar surface area (TPSA) is 108 Å². The van der Waals surface area contributed by atoms with Crippen molar-refractivity contribution in [1.29, 1.82) is 0 Å². The van der Waals surface area contributed by atoms with Gasteiger partial charge in [-0.15, -0.1) is 0 Å². The van der Waals surface area contributed by atoms with Crippen molar-refractivity contribution < 1.29 is 14.5 Å². The average molecular weight is 460 g/mol. The van der Waals surface area contributed by atoms with Gasteiger partial charge in [0.1, 0.15) is 0 Å². The number of hydrogen-bond acceptors (Lipinski definition) is 6. The summed E-state index contributed by atoms with van der Waals surface area (Å²) >= 11 is 0. The van der Waals surface area contributed by atoms with Crippen LogP contribution in [0.5, 0.6) is 0 Å². The number of piperazine rings is 1. The van der Waals surface area contributed by atoms with Gasteiger partial charge in [0.25, 0.3) is 17.5 Å². The van der Waals surface area contributed by atoms with Gasteiger partial charge in [-0.3, -0.25) is 30.6 Å². The molecule has 4 rings (SSSR count). The third-order valence-corrected chi connectivity index (χ3v) is 5.73. The van der Waals surface area contributed by atoms with Gasteiger partial charge in [0.05, 0.1) is 10.6 Å². The van der Waals surface area contributed by atoms with E-state index in [2.05, 4.69) is 40.9 Å². The summed E-state index contributed by atoms with van der Waals surface area (Å²) in [5.74, 6) is -0.452. The first kappa shape index (κ1) is 22.8. The zero-order valence-corrected chi connectivity index (χ0v) is 18.7. The summed E-state index contributed by atoms with van der Waals surface area (Å²) in [5, 5.41) is 10.7. The number of rotatable bonds is 6. The molecule has 34 heavy (non-hydrogen) atoms. The number of benzene rings is 3. The molecule has 0 aliphatic carbocycles. The highest BCUT2D eigenvalue weighted by Gasteiger charge is 2.22. The summed E-state index contributed by atoms with van der Waals surface area (Å²) in [6, 6.07) is 20.6. The van der Waals surface area contributed by atoms with Crippen LogP contribution in [0.15, 0.2) is 72.8 Å². The van der Waals surface area contributed by atoms with Crippen molar-refractivity contribution in [2.24, 2.45) is 0 Å². The van der Waals surface area contributed by atoms with Gasteiger partial charge in [0.15, 0.2) is 0 Å². The van der Waals surface area contributed by atoms with Crippen molar-refractivity contribution in [1.82, 2.24) is 10.3 Å². The Morgan fingerprint density at radius 1 is 0.882 bits per heavy atom. The minimum atomic E-state index is -0.521. The third-order valence-electron chi connectivity index (χ3n) is 5.73. The number of aryl methyl sites for hydroxylation is 1. The molecule has 1 saturated heterocycles. The molecule has 3 aromatic carbocycles. The van der Waals surface area contributed by atoms with Crippen LogP contribution in [0, 0.1) is 17.0 Å². The number of anilines is 2. The van der Waals surface area contributed by atoms with E-state index in [9.17, 15) is 19.7 Å². The lowest BCUT2D eigenvalue weighted by Crippen LogP contribution is -2.48. The standard InChI is InChI=1S/C25H25N5O4/c1-18-3-2-4-23(17-18)28-13-15-29(16-14-28)25(32)20-5-9-21(10-6-20)26-27-24(31)19-7-11-22(12-8-19)30(33)34/h2-12,17,26H,13-16H2,1H3,(H,27,31). The normalized spacial score (nSPS) is 13.3. The molecule has 1 fully saturated rings. The number of hydrazine groups is 1. The molecule has 9 nitrogen and oxygen atoms in total. The molecule has 2 amide bonds.